The number of carbonyl (C=O) groups excluding carboxylic acids is 2. The molecule has 0 fully saturated rings. The lowest BCUT2D eigenvalue weighted by molar-refractivity contribution is 0.102. The number of amides is 3. The van der Waals surface area contributed by atoms with E-state index in [0.717, 1.165) is 19.6 Å². The van der Waals surface area contributed by atoms with E-state index in [-0.39, 0.29) is 11.9 Å². The lowest BCUT2D eigenvalue weighted by atomic mass is 10.1. The average Bonchev–Trinajstić information content (AvgIpc) is 2.78. The molecule has 3 aromatic rings. The Bertz CT molecular complexity index is 1000. The zero-order valence-electron chi connectivity index (χ0n) is 17.9. The zero-order chi connectivity index (χ0) is 22.1. The molecule has 6 nitrogen and oxygen atoms in total. The Balaban J connectivity index is 1.58. The van der Waals surface area contributed by atoms with Crippen LogP contribution in [0, 0.1) is 0 Å². The molecule has 160 valence electrons. The van der Waals surface area contributed by atoms with Crippen LogP contribution in [0.1, 0.15) is 29.8 Å². The summed E-state index contributed by atoms with van der Waals surface area (Å²) < 4.78 is 0. The van der Waals surface area contributed by atoms with Gasteiger partial charge in [0.1, 0.15) is 0 Å². The topological polar surface area (TPSA) is 73.5 Å². The summed E-state index contributed by atoms with van der Waals surface area (Å²) in [5.74, 6) is -0.194. The number of rotatable bonds is 8. The van der Waals surface area contributed by atoms with Gasteiger partial charge in [0.15, 0.2) is 0 Å². The molecule has 3 aromatic carbocycles. The Kier molecular flexibility index (Phi) is 7.79. The number of hydrogen-bond donors (Lipinski definition) is 3. The maximum absolute atomic E-state index is 12.6. The van der Waals surface area contributed by atoms with Gasteiger partial charge in [-0.1, -0.05) is 50.2 Å². The second-order valence-electron chi connectivity index (χ2n) is 7.14. The molecule has 0 bridgehead atoms. The Labute approximate surface area is 183 Å². The van der Waals surface area contributed by atoms with Crippen LogP contribution in [0.4, 0.5) is 21.9 Å². The highest BCUT2D eigenvalue weighted by molar-refractivity contribution is 6.05. The van der Waals surface area contributed by atoms with Crippen molar-refractivity contribution in [2.45, 2.75) is 20.4 Å². The highest BCUT2D eigenvalue weighted by atomic mass is 16.2. The molecular weight excluding hydrogens is 388 g/mol. The fourth-order valence-electron chi connectivity index (χ4n) is 3.16. The van der Waals surface area contributed by atoms with Crippen molar-refractivity contribution in [3.05, 3.63) is 90.0 Å². The van der Waals surface area contributed by atoms with E-state index in [1.807, 2.05) is 54.6 Å². The molecule has 0 unspecified atom stereocenters. The molecule has 0 aromatic heterocycles. The molecule has 3 N–H and O–H groups in total. The summed E-state index contributed by atoms with van der Waals surface area (Å²) in [5.41, 5.74) is 3.66. The van der Waals surface area contributed by atoms with Crippen LogP contribution in [0.2, 0.25) is 0 Å². The van der Waals surface area contributed by atoms with E-state index in [0.29, 0.717) is 22.6 Å². The van der Waals surface area contributed by atoms with E-state index in [4.69, 9.17) is 0 Å². The third-order valence-corrected chi connectivity index (χ3v) is 4.93. The summed E-state index contributed by atoms with van der Waals surface area (Å²) >= 11 is 0. The number of carbonyl (C=O) groups is 2. The van der Waals surface area contributed by atoms with Crippen molar-refractivity contribution >= 4 is 29.0 Å². The first-order chi connectivity index (χ1) is 15.1. The van der Waals surface area contributed by atoms with Gasteiger partial charge in [0, 0.05) is 29.2 Å². The van der Waals surface area contributed by atoms with Crippen molar-refractivity contribution in [2.24, 2.45) is 0 Å². The minimum absolute atomic E-state index is 0.194. The monoisotopic (exact) mass is 416 g/mol. The molecule has 0 saturated heterocycles. The third-order valence-electron chi connectivity index (χ3n) is 4.93. The van der Waals surface area contributed by atoms with E-state index in [1.54, 1.807) is 24.3 Å². The summed E-state index contributed by atoms with van der Waals surface area (Å²) in [5, 5.41) is 8.42. The second-order valence-corrected chi connectivity index (χ2v) is 7.14. The van der Waals surface area contributed by atoms with Crippen molar-refractivity contribution in [1.82, 2.24) is 4.90 Å². The molecule has 3 amide bonds. The Morgan fingerprint density at radius 1 is 0.710 bits per heavy atom. The summed E-state index contributed by atoms with van der Waals surface area (Å²) in [6.07, 6.45) is 0. The van der Waals surface area contributed by atoms with Crippen LogP contribution >= 0.6 is 0 Å². The number of hydrogen-bond acceptors (Lipinski definition) is 3. The summed E-state index contributed by atoms with van der Waals surface area (Å²) in [6.45, 7) is 7.13. The summed E-state index contributed by atoms with van der Waals surface area (Å²) in [7, 11) is 0. The molecule has 31 heavy (non-hydrogen) atoms. The van der Waals surface area contributed by atoms with Crippen molar-refractivity contribution in [2.75, 3.05) is 29.0 Å². The Morgan fingerprint density at radius 2 is 1.29 bits per heavy atom. The summed E-state index contributed by atoms with van der Waals surface area (Å²) in [4.78, 5) is 27.1. The highest BCUT2D eigenvalue weighted by Crippen LogP contribution is 2.17. The van der Waals surface area contributed by atoms with Gasteiger partial charge in [0.25, 0.3) is 5.91 Å². The fourth-order valence-corrected chi connectivity index (χ4v) is 3.16. The normalized spacial score (nSPS) is 10.5. The van der Waals surface area contributed by atoms with Crippen LogP contribution in [0.25, 0.3) is 0 Å². The van der Waals surface area contributed by atoms with Gasteiger partial charge in [-0.05, 0) is 61.1 Å². The predicted molar refractivity (Wildman–Crippen MR) is 127 cm³/mol. The molecule has 0 spiro atoms. The van der Waals surface area contributed by atoms with Gasteiger partial charge in [-0.25, -0.2) is 4.79 Å². The SMILES string of the molecule is CCN(CC)Cc1ccc(C(=O)Nc2cccc(NC(=O)Nc3ccccc3)c2)cc1. The molecule has 0 atom stereocenters. The van der Waals surface area contributed by atoms with E-state index in [9.17, 15) is 9.59 Å². The number of urea groups is 1. The number of para-hydroxylation sites is 1. The molecule has 0 aliphatic rings. The smallest absolute Gasteiger partial charge is 0.322 e. The van der Waals surface area contributed by atoms with Gasteiger partial charge in [-0.2, -0.15) is 0 Å². The molecular formula is C25H28N4O2. The van der Waals surface area contributed by atoms with Crippen molar-refractivity contribution in [3.63, 3.8) is 0 Å². The third kappa shape index (κ3) is 6.69. The minimum Gasteiger partial charge on any atom is -0.322 e. The molecule has 6 heteroatoms. The van der Waals surface area contributed by atoms with Gasteiger partial charge in [0.05, 0.1) is 0 Å². The number of nitrogens with one attached hydrogen (secondary N) is 3. The first-order valence-electron chi connectivity index (χ1n) is 10.4. The molecule has 0 aliphatic heterocycles. The van der Waals surface area contributed by atoms with Gasteiger partial charge >= 0.3 is 6.03 Å². The molecule has 0 heterocycles. The van der Waals surface area contributed by atoms with Crippen molar-refractivity contribution in [3.8, 4) is 0 Å². The van der Waals surface area contributed by atoms with Crippen molar-refractivity contribution in [1.29, 1.82) is 0 Å². The molecule has 0 saturated carbocycles. The second kappa shape index (κ2) is 10.9. The molecule has 3 rings (SSSR count). The average molecular weight is 417 g/mol. The van der Waals surface area contributed by atoms with E-state index in [2.05, 4.69) is 34.7 Å². The largest absolute Gasteiger partial charge is 0.323 e. The van der Waals surface area contributed by atoms with Crippen LogP contribution in [0.5, 0.6) is 0 Å². The quantitative estimate of drug-likeness (QED) is 0.459. The Morgan fingerprint density at radius 3 is 1.94 bits per heavy atom. The van der Waals surface area contributed by atoms with Gasteiger partial charge in [0.2, 0.25) is 0 Å². The summed E-state index contributed by atoms with van der Waals surface area (Å²) in [6, 6.07) is 23.5. The maximum Gasteiger partial charge on any atom is 0.323 e. The van der Waals surface area contributed by atoms with Crippen LogP contribution < -0.4 is 16.0 Å². The van der Waals surface area contributed by atoms with Gasteiger partial charge < -0.3 is 16.0 Å². The first-order valence-corrected chi connectivity index (χ1v) is 10.4. The van der Waals surface area contributed by atoms with Crippen molar-refractivity contribution < 1.29 is 9.59 Å². The maximum atomic E-state index is 12.6. The predicted octanol–water partition coefficient (Wildman–Crippen LogP) is 5.42. The van der Waals surface area contributed by atoms with Gasteiger partial charge in [-0.3, -0.25) is 9.69 Å². The molecule has 0 aliphatic carbocycles. The first kappa shape index (κ1) is 22.1. The lowest BCUT2D eigenvalue weighted by Gasteiger charge is -2.18. The van der Waals surface area contributed by atoms with E-state index >= 15 is 0 Å². The minimum atomic E-state index is -0.349. The van der Waals surface area contributed by atoms with E-state index in [1.165, 1.54) is 5.56 Å². The lowest BCUT2D eigenvalue weighted by Crippen LogP contribution is -2.22. The fraction of sp³-hybridized carbons (Fsp3) is 0.200. The van der Waals surface area contributed by atoms with Gasteiger partial charge in [-0.15, -0.1) is 0 Å². The van der Waals surface area contributed by atoms with Crippen LogP contribution in [0.3, 0.4) is 0 Å². The standard InChI is InChI=1S/C25H28N4O2/c1-3-29(4-2)18-19-13-15-20(16-14-19)24(30)26-22-11-8-12-23(17-22)28-25(31)27-21-9-6-5-7-10-21/h5-17H,3-4,18H2,1-2H3,(H,26,30)(H2,27,28,31). The number of nitrogens with zero attached hydrogens (tertiary/aromatic N) is 1. The van der Waals surface area contributed by atoms with Crippen LogP contribution in [-0.4, -0.2) is 29.9 Å². The highest BCUT2D eigenvalue weighted by Gasteiger charge is 2.09. The Hall–Kier alpha value is -3.64. The van der Waals surface area contributed by atoms with Crippen LogP contribution in [0.15, 0.2) is 78.9 Å². The van der Waals surface area contributed by atoms with E-state index < -0.39 is 0 Å². The molecule has 0 radical (unpaired) electrons. The van der Waals surface area contributed by atoms with Crippen LogP contribution in [-0.2, 0) is 6.54 Å². The zero-order valence-corrected chi connectivity index (χ0v) is 17.9. The number of benzene rings is 3. The number of anilines is 3.